The van der Waals surface area contributed by atoms with Gasteiger partial charge in [0.05, 0.1) is 11.2 Å². The van der Waals surface area contributed by atoms with E-state index in [-0.39, 0.29) is 11.8 Å². The predicted octanol–water partition coefficient (Wildman–Crippen LogP) is 13.5. The van der Waals surface area contributed by atoms with Gasteiger partial charge in [0.15, 0.2) is 0 Å². The van der Waals surface area contributed by atoms with E-state index < -0.39 is 11.2 Å². The summed E-state index contributed by atoms with van der Waals surface area (Å²) in [6.07, 6.45) is 4.57. The first kappa shape index (κ1) is 39.5. The highest BCUT2D eigenvalue weighted by molar-refractivity contribution is 5.37. The van der Waals surface area contributed by atoms with E-state index in [0.717, 1.165) is 38.5 Å². The van der Waals surface area contributed by atoms with Gasteiger partial charge in [-0.1, -0.05) is 243 Å². The van der Waals surface area contributed by atoms with Gasteiger partial charge < -0.3 is 4.74 Å². The van der Waals surface area contributed by atoms with Crippen molar-refractivity contribution in [3.63, 3.8) is 0 Å². The predicted molar refractivity (Wildman–Crippen MR) is 246 cm³/mol. The van der Waals surface area contributed by atoms with E-state index >= 15 is 0 Å². The van der Waals surface area contributed by atoms with E-state index in [0.29, 0.717) is 0 Å². The van der Waals surface area contributed by atoms with Gasteiger partial charge in [-0.05, 0) is 57.3 Å². The zero-order chi connectivity index (χ0) is 40.0. The van der Waals surface area contributed by atoms with Crippen molar-refractivity contribution in [2.45, 2.75) is 61.6 Å². The fourth-order valence-electron chi connectivity index (χ4n) is 9.36. The van der Waals surface area contributed by atoms with Crippen LogP contribution in [0.15, 0.2) is 243 Å². The fourth-order valence-corrected chi connectivity index (χ4v) is 9.36. The molecule has 0 aliphatic rings. The summed E-state index contributed by atoms with van der Waals surface area (Å²) in [7, 11) is 0. The third kappa shape index (κ3) is 10.2. The van der Waals surface area contributed by atoms with Crippen LogP contribution in [0.4, 0.5) is 0 Å². The maximum atomic E-state index is 8.82. The molecule has 0 fully saturated rings. The summed E-state index contributed by atoms with van der Waals surface area (Å²) in [5, 5.41) is 0. The average Bonchev–Trinajstić information content (AvgIpc) is 3.30. The molecular weight excluding hydrogens is 713 g/mol. The van der Waals surface area contributed by atoms with Crippen molar-refractivity contribution < 1.29 is 4.74 Å². The summed E-state index contributed by atoms with van der Waals surface area (Å²) < 4.78 is 8.82. The summed E-state index contributed by atoms with van der Waals surface area (Å²) in [6.45, 7) is 0. The second-order valence-corrected chi connectivity index (χ2v) is 16.2. The Bertz CT molecular complexity index is 2130. The van der Waals surface area contributed by atoms with Crippen molar-refractivity contribution in [3.8, 4) is 0 Å². The van der Waals surface area contributed by atoms with Gasteiger partial charge in [-0.15, -0.1) is 0 Å². The van der Waals surface area contributed by atoms with E-state index in [1.807, 2.05) is 0 Å². The molecule has 2 unspecified atom stereocenters. The largest absolute Gasteiger partial charge is 0.366 e. The lowest BCUT2D eigenvalue weighted by Crippen LogP contribution is -2.56. The third-order valence-corrected chi connectivity index (χ3v) is 12.0. The number of hydrogen-bond acceptors (Lipinski definition) is 1. The number of hydrogen-bond donors (Lipinski definition) is 0. The average molecular weight is 767 g/mol. The van der Waals surface area contributed by atoms with E-state index in [9.17, 15) is 0 Å². The number of rotatable bonds is 18. The molecule has 0 saturated heterocycles. The molecule has 8 aromatic rings. The smallest absolute Gasteiger partial charge is 0.0842 e. The van der Waals surface area contributed by atoms with E-state index in [1.165, 1.54) is 44.5 Å². The standard InChI is InChI=1S/C58H54O/c1-9-25-47(26-10-1)41-55(53-37-21-7-22-38-53)57(43-49-29-13-3-14-30-49,44-50-31-15-4-16-32-50)59-58(45-51-33-17-5-18-34-51,46-52-35-19-6-20-36-52)56(54-39-23-8-24-40-54)42-48-27-11-2-12-28-48/h1-40,55-56H,41-46H2. The third-order valence-electron chi connectivity index (χ3n) is 12.0. The Morgan fingerprint density at radius 1 is 0.254 bits per heavy atom. The Labute approximate surface area is 352 Å². The first-order valence-electron chi connectivity index (χ1n) is 21.2. The van der Waals surface area contributed by atoms with Gasteiger partial charge in [-0.3, -0.25) is 0 Å². The second-order valence-electron chi connectivity index (χ2n) is 16.2. The SMILES string of the molecule is c1ccc(CC(c2ccccc2)C(Cc2ccccc2)(Cc2ccccc2)OC(Cc2ccccc2)(Cc2ccccc2)C(Cc2ccccc2)c2ccccc2)cc1. The van der Waals surface area contributed by atoms with Crippen LogP contribution in [0.5, 0.6) is 0 Å². The van der Waals surface area contributed by atoms with Crippen molar-refractivity contribution >= 4 is 0 Å². The summed E-state index contributed by atoms with van der Waals surface area (Å²) in [6, 6.07) is 88.8. The first-order chi connectivity index (χ1) is 29.2. The van der Waals surface area contributed by atoms with E-state index in [4.69, 9.17) is 4.74 Å². The Balaban J connectivity index is 1.45. The van der Waals surface area contributed by atoms with Crippen LogP contribution in [0.3, 0.4) is 0 Å². The topological polar surface area (TPSA) is 9.23 Å². The van der Waals surface area contributed by atoms with Gasteiger partial charge in [0.25, 0.3) is 0 Å². The summed E-state index contributed by atoms with van der Waals surface area (Å²) >= 11 is 0. The summed E-state index contributed by atoms with van der Waals surface area (Å²) in [5.74, 6) is -0.0174. The maximum absolute atomic E-state index is 8.82. The number of benzene rings is 8. The molecule has 1 nitrogen and oxygen atoms in total. The summed E-state index contributed by atoms with van der Waals surface area (Å²) in [4.78, 5) is 0. The minimum atomic E-state index is -0.715. The highest BCUT2D eigenvalue weighted by atomic mass is 16.5. The second kappa shape index (κ2) is 19.4. The van der Waals surface area contributed by atoms with Crippen molar-refractivity contribution in [3.05, 3.63) is 287 Å². The van der Waals surface area contributed by atoms with Crippen molar-refractivity contribution in [1.82, 2.24) is 0 Å². The van der Waals surface area contributed by atoms with Crippen LogP contribution in [-0.4, -0.2) is 11.2 Å². The molecule has 0 amide bonds. The van der Waals surface area contributed by atoms with Crippen LogP contribution in [0, 0.1) is 0 Å². The lowest BCUT2D eigenvalue weighted by Gasteiger charge is -2.52. The van der Waals surface area contributed by atoms with E-state index in [2.05, 4.69) is 243 Å². The molecule has 292 valence electrons. The van der Waals surface area contributed by atoms with Crippen LogP contribution < -0.4 is 0 Å². The highest BCUT2D eigenvalue weighted by Crippen LogP contribution is 2.49. The molecule has 0 N–H and O–H groups in total. The van der Waals surface area contributed by atoms with Crippen LogP contribution in [-0.2, 0) is 43.3 Å². The zero-order valence-corrected chi connectivity index (χ0v) is 33.9. The highest BCUT2D eigenvalue weighted by Gasteiger charge is 2.51. The minimum Gasteiger partial charge on any atom is -0.366 e. The van der Waals surface area contributed by atoms with Gasteiger partial charge in [0.2, 0.25) is 0 Å². The van der Waals surface area contributed by atoms with Crippen LogP contribution in [0.25, 0.3) is 0 Å². The Kier molecular flexibility index (Phi) is 13.0. The lowest BCUT2D eigenvalue weighted by molar-refractivity contribution is -0.181. The zero-order valence-electron chi connectivity index (χ0n) is 33.9. The first-order valence-corrected chi connectivity index (χ1v) is 21.2. The van der Waals surface area contributed by atoms with Gasteiger partial charge in [0, 0.05) is 37.5 Å². The maximum Gasteiger partial charge on any atom is 0.0842 e. The molecule has 0 saturated carbocycles. The van der Waals surface area contributed by atoms with Gasteiger partial charge >= 0.3 is 0 Å². The number of ether oxygens (including phenoxy) is 1. The van der Waals surface area contributed by atoms with Crippen LogP contribution in [0.2, 0.25) is 0 Å². The van der Waals surface area contributed by atoms with Crippen molar-refractivity contribution in [2.75, 3.05) is 0 Å². The molecule has 0 radical (unpaired) electrons. The molecular formula is C58H54O. The summed E-state index contributed by atoms with van der Waals surface area (Å²) in [5.41, 5.74) is 8.82. The van der Waals surface area contributed by atoms with E-state index in [1.54, 1.807) is 0 Å². The Morgan fingerprint density at radius 3 is 0.695 bits per heavy atom. The molecule has 0 bridgehead atoms. The molecule has 8 aromatic carbocycles. The molecule has 8 rings (SSSR count). The quantitative estimate of drug-likeness (QED) is 0.0845. The fraction of sp³-hybridized carbons (Fsp3) is 0.172. The molecule has 59 heavy (non-hydrogen) atoms. The van der Waals surface area contributed by atoms with Crippen LogP contribution in [0.1, 0.15) is 56.3 Å². The minimum absolute atomic E-state index is 0.00872. The van der Waals surface area contributed by atoms with Gasteiger partial charge in [-0.2, -0.15) is 0 Å². The lowest BCUT2D eigenvalue weighted by atomic mass is 9.68. The Hall–Kier alpha value is -6.28. The van der Waals surface area contributed by atoms with Gasteiger partial charge in [0.1, 0.15) is 0 Å². The molecule has 0 aromatic heterocycles. The molecule has 0 spiro atoms. The van der Waals surface area contributed by atoms with Crippen LogP contribution >= 0.6 is 0 Å². The van der Waals surface area contributed by atoms with Crippen molar-refractivity contribution in [1.29, 1.82) is 0 Å². The van der Waals surface area contributed by atoms with Crippen molar-refractivity contribution in [2.24, 2.45) is 0 Å². The molecule has 2 atom stereocenters. The monoisotopic (exact) mass is 766 g/mol. The molecule has 0 heterocycles. The molecule has 0 aliphatic heterocycles. The van der Waals surface area contributed by atoms with Gasteiger partial charge in [-0.25, -0.2) is 0 Å². The normalized spacial score (nSPS) is 12.7. The molecule has 0 aliphatic carbocycles. The molecule has 1 heteroatoms. The Morgan fingerprint density at radius 2 is 0.458 bits per heavy atom.